The Hall–Kier alpha value is -0.0600. The monoisotopic (exact) mass is 240 g/mol. The van der Waals surface area contributed by atoms with Crippen LogP contribution in [0.5, 0.6) is 0 Å². The fourth-order valence-corrected chi connectivity index (χ4v) is 3.18. The van der Waals surface area contributed by atoms with Crippen molar-refractivity contribution in [3.8, 4) is 0 Å². The summed E-state index contributed by atoms with van der Waals surface area (Å²) in [5, 5.41) is 1.11. The van der Waals surface area contributed by atoms with Crippen LogP contribution < -0.4 is 0 Å². The van der Waals surface area contributed by atoms with Crippen LogP contribution in [-0.2, 0) is 25.7 Å². The second kappa shape index (κ2) is 4.85. The Balaban J connectivity index is 0.000000404. The van der Waals surface area contributed by atoms with Crippen molar-refractivity contribution in [3.05, 3.63) is 33.3 Å². The van der Waals surface area contributed by atoms with E-state index in [2.05, 4.69) is 15.3 Å². The molecule has 1 aromatic carbocycles. The van der Waals surface area contributed by atoms with Gasteiger partial charge in [0.05, 0.1) is 0 Å². The van der Waals surface area contributed by atoms with Gasteiger partial charge in [-0.2, -0.15) is 0 Å². The van der Waals surface area contributed by atoms with E-state index >= 15 is 0 Å². The molecule has 0 radical (unpaired) electrons. The van der Waals surface area contributed by atoms with Crippen LogP contribution in [0.4, 0.5) is 0 Å². The number of rotatable bonds is 0. The summed E-state index contributed by atoms with van der Waals surface area (Å²) in [6.07, 6.45) is 7.53. The molecule has 0 aromatic heterocycles. The first-order valence-electron chi connectivity index (χ1n) is 5.76. The quantitative estimate of drug-likeness (QED) is 0.605. The zero-order valence-electron chi connectivity index (χ0n) is 9.28. The summed E-state index contributed by atoms with van der Waals surface area (Å²) in [5.74, 6) is 0. The first-order chi connectivity index (χ1) is 7.36. The average molecular weight is 241 g/mol. The number of hydrogen-bond acceptors (Lipinski definition) is 0. The van der Waals surface area contributed by atoms with Gasteiger partial charge in [-0.05, 0) is 60.8 Å². The standard InChI is InChI=1S/C12H13Cl.CH5P/c13-12-10-5-1-3-8(10)7-9-4-2-6-11(9)12;1-2/h7H,1-6H2;2H2,1H3. The molecule has 2 aliphatic rings. The third kappa shape index (κ3) is 1.95. The van der Waals surface area contributed by atoms with E-state index in [0.717, 1.165) is 5.02 Å². The fraction of sp³-hybridized carbons (Fsp3) is 0.538. The maximum atomic E-state index is 6.40. The minimum absolute atomic E-state index is 1.11. The van der Waals surface area contributed by atoms with Crippen LogP contribution in [-0.4, -0.2) is 6.66 Å². The van der Waals surface area contributed by atoms with Gasteiger partial charge in [0.25, 0.3) is 0 Å². The van der Waals surface area contributed by atoms with E-state index in [9.17, 15) is 0 Å². The van der Waals surface area contributed by atoms with E-state index in [0.29, 0.717) is 0 Å². The van der Waals surface area contributed by atoms with Crippen molar-refractivity contribution in [2.75, 3.05) is 6.66 Å². The zero-order valence-corrected chi connectivity index (χ0v) is 11.2. The summed E-state index contributed by atoms with van der Waals surface area (Å²) in [7, 11) is 2.42. The minimum atomic E-state index is 1.11. The molecule has 0 fully saturated rings. The molecule has 1 aromatic rings. The van der Waals surface area contributed by atoms with E-state index in [1.165, 1.54) is 60.8 Å². The van der Waals surface area contributed by atoms with Crippen LogP contribution >= 0.6 is 20.8 Å². The summed E-state index contributed by atoms with van der Waals surface area (Å²) < 4.78 is 0. The lowest BCUT2D eigenvalue weighted by molar-refractivity contribution is 0.897. The smallest absolute Gasteiger partial charge is 0.0475 e. The van der Waals surface area contributed by atoms with Gasteiger partial charge in [-0.15, -0.1) is 9.24 Å². The highest BCUT2D eigenvalue weighted by Gasteiger charge is 2.22. The zero-order chi connectivity index (χ0) is 10.8. The van der Waals surface area contributed by atoms with Crippen LogP contribution in [0.3, 0.4) is 0 Å². The van der Waals surface area contributed by atoms with E-state index in [1.807, 2.05) is 6.66 Å². The number of halogens is 1. The van der Waals surface area contributed by atoms with Crippen molar-refractivity contribution in [1.29, 1.82) is 0 Å². The van der Waals surface area contributed by atoms with E-state index in [-0.39, 0.29) is 0 Å². The lowest BCUT2D eigenvalue weighted by atomic mass is 10.0. The SMILES string of the molecule is CP.Clc1c2c(cc3c1CCC3)CCC2. The molecular weight excluding hydrogens is 223 g/mol. The summed E-state index contributed by atoms with van der Waals surface area (Å²) >= 11 is 6.40. The van der Waals surface area contributed by atoms with Gasteiger partial charge in [0.15, 0.2) is 0 Å². The van der Waals surface area contributed by atoms with Gasteiger partial charge in [-0.25, -0.2) is 0 Å². The van der Waals surface area contributed by atoms with Crippen molar-refractivity contribution in [1.82, 2.24) is 0 Å². The van der Waals surface area contributed by atoms with Crippen molar-refractivity contribution >= 4 is 20.8 Å². The van der Waals surface area contributed by atoms with E-state index < -0.39 is 0 Å². The molecule has 2 aliphatic carbocycles. The molecule has 0 heterocycles. The van der Waals surface area contributed by atoms with Gasteiger partial charge in [0.2, 0.25) is 0 Å². The van der Waals surface area contributed by atoms with Crippen molar-refractivity contribution < 1.29 is 0 Å². The lowest BCUT2D eigenvalue weighted by Gasteiger charge is -2.08. The van der Waals surface area contributed by atoms with Gasteiger partial charge in [-0.3, -0.25) is 0 Å². The molecular formula is C13H18ClP. The maximum absolute atomic E-state index is 6.40. The summed E-state index contributed by atoms with van der Waals surface area (Å²) in [4.78, 5) is 0. The highest BCUT2D eigenvalue weighted by molar-refractivity contribution is 7.15. The number of benzene rings is 1. The van der Waals surface area contributed by atoms with Gasteiger partial charge in [0.1, 0.15) is 0 Å². The second-order valence-corrected chi connectivity index (χ2v) is 4.55. The molecule has 0 aliphatic heterocycles. The van der Waals surface area contributed by atoms with Crippen LogP contribution in [0.15, 0.2) is 6.07 Å². The third-order valence-electron chi connectivity index (χ3n) is 3.40. The summed E-state index contributed by atoms with van der Waals surface area (Å²) in [5.41, 5.74) is 5.99. The molecule has 3 rings (SSSR count). The maximum Gasteiger partial charge on any atom is 0.0475 e. The normalized spacial score (nSPS) is 16.7. The lowest BCUT2D eigenvalue weighted by Crippen LogP contribution is -1.91. The highest BCUT2D eigenvalue weighted by atomic mass is 35.5. The fourth-order valence-electron chi connectivity index (χ4n) is 2.75. The molecule has 15 heavy (non-hydrogen) atoms. The molecule has 0 bridgehead atoms. The molecule has 0 amide bonds. The molecule has 0 N–H and O–H groups in total. The van der Waals surface area contributed by atoms with Gasteiger partial charge >= 0.3 is 0 Å². The molecule has 2 heteroatoms. The Kier molecular flexibility index (Phi) is 3.69. The second-order valence-electron chi connectivity index (χ2n) is 4.17. The Morgan fingerprint density at radius 1 is 0.933 bits per heavy atom. The first kappa shape index (κ1) is 11.4. The molecule has 1 unspecified atom stereocenters. The predicted molar refractivity (Wildman–Crippen MR) is 71.1 cm³/mol. The van der Waals surface area contributed by atoms with Crippen LogP contribution in [0.25, 0.3) is 0 Å². The molecule has 0 saturated carbocycles. The predicted octanol–water partition coefficient (Wildman–Crippen LogP) is 3.81. The Morgan fingerprint density at radius 2 is 1.40 bits per heavy atom. The average Bonchev–Trinajstić information content (AvgIpc) is 2.89. The van der Waals surface area contributed by atoms with Crippen LogP contribution in [0, 0.1) is 0 Å². The largest absolute Gasteiger partial charge is 0.141 e. The molecule has 0 spiro atoms. The highest BCUT2D eigenvalue weighted by Crippen LogP contribution is 2.37. The van der Waals surface area contributed by atoms with Crippen LogP contribution in [0.2, 0.25) is 5.02 Å². The number of aryl methyl sites for hydroxylation is 2. The number of fused-ring (bicyclic) bond motifs is 2. The molecule has 0 saturated heterocycles. The summed E-state index contributed by atoms with van der Waals surface area (Å²) in [6.45, 7) is 1.92. The van der Waals surface area contributed by atoms with Gasteiger partial charge in [0, 0.05) is 5.02 Å². The Bertz CT molecular complexity index is 339. The third-order valence-corrected chi connectivity index (χ3v) is 3.86. The Labute approximate surface area is 99.6 Å². The molecule has 0 nitrogen and oxygen atoms in total. The minimum Gasteiger partial charge on any atom is -0.141 e. The first-order valence-corrected chi connectivity index (χ1v) is 7.29. The molecule has 1 atom stereocenters. The van der Waals surface area contributed by atoms with Gasteiger partial charge < -0.3 is 0 Å². The van der Waals surface area contributed by atoms with E-state index in [4.69, 9.17) is 11.6 Å². The van der Waals surface area contributed by atoms with Crippen LogP contribution in [0.1, 0.15) is 35.1 Å². The van der Waals surface area contributed by atoms with Gasteiger partial charge in [-0.1, -0.05) is 24.3 Å². The summed E-state index contributed by atoms with van der Waals surface area (Å²) in [6, 6.07) is 2.41. The topological polar surface area (TPSA) is 0 Å². The van der Waals surface area contributed by atoms with Crippen molar-refractivity contribution in [3.63, 3.8) is 0 Å². The van der Waals surface area contributed by atoms with E-state index in [1.54, 1.807) is 0 Å². The number of hydrogen-bond donors (Lipinski definition) is 0. The van der Waals surface area contributed by atoms with Crippen molar-refractivity contribution in [2.45, 2.75) is 38.5 Å². The Morgan fingerprint density at radius 3 is 1.87 bits per heavy atom. The molecule has 82 valence electrons. The van der Waals surface area contributed by atoms with Crippen molar-refractivity contribution in [2.24, 2.45) is 0 Å².